The highest BCUT2D eigenvalue weighted by molar-refractivity contribution is 5.81. The molecule has 1 atom stereocenters. The van der Waals surface area contributed by atoms with Gasteiger partial charge in [0, 0.05) is 23.5 Å². The third-order valence-corrected chi connectivity index (χ3v) is 3.45. The molecule has 2 heterocycles. The minimum atomic E-state index is -0.392. The Hall–Kier alpha value is -1.42. The summed E-state index contributed by atoms with van der Waals surface area (Å²) in [5.41, 5.74) is 1.21. The lowest BCUT2D eigenvalue weighted by molar-refractivity contribution is 0.456. The summed E-state index contributed by atoms with van der Waals surface area (Å²) < 4.78 is 27.1. The van der Waals surface area contributed by atoms with Crippen LogP contribution in [0.5, 0.6) is 0 Å². The van der Waals surface area contributed by atoms with Crippen LogP contribution >= 0.6 is 0 Å². The van der Waals surface area contributed by atoms with Gasteiger partial charge in [-0.25, -0.2) is 8.78 Å². The van der Waals surface area contributed by atoms with Gasteiger partial charge >= 0.3 is 0 Å². The van der Waals surface area contributed by atoms with Gasteiger partial charge in [0.1, 0.15) is 11.6 Å². The van der Waals surface area contributed by atoms with Crippen molar-refractivity contribution in [1.29, 1.82) is 0 Å². The van der Waals surface area contributed by atoms with Crippen LogP contribution in [0.15, 0.2) is 18.2 Å². The summed E-state index contributed by atoms with van der Waals surface area (Å²) in [6.45, 7) is 1.90. The van der Waals surface area contributed by atoms with Gasteiger partial charge in [0.15, 0.2) is 0 Å². The van der Waals surface area contributed by atoms with Crippen molar-refractivity contribution >= 4 is 10.9 Å². The van der Waals surface area contributed by atoms with Crippen LogP contribution in [0.3, 0.4) is 0 Å². The fourth-order valence-electron chi connectivity index (χ4n) is 2.51. The summed E-state index contributed by atoms with van der Waals surface area (Å²) >= 11 is 0. The number of piperidine rings is 1. The minimum absolute atomic E-state index is 0.283. The fourth-order valence-corrected chi connectivity index (χ4v) is 2.51. The third kappa shape index (κ3) is 1.82. The molecule has 0 amide bonds. The molecule has 2 N–H and O–H groups in total. The Labute approximate surface area is 98.0 Å². The first-order chi connectivity index (χ1) is 8.25. The first-order valence-corrected chi connectivity index (χ1v) is 5.93. The number of benzene rings is 1. The van der Waals surface area contributed by atoms with E-state index in [1.54, 1.807) is 6.07 Å². The number of aromatic nitrogens is 1. The van der Waals surface area contributed by atoms with Gasteiger partial charge in [0.2, 0.25) is 0 Å². The van der Waals surface area contributed by atoms with Crippen LogP contribution in [0, 0.1) is 11.6 Å². The lowest BCUT2D eigenvalue weighted by atomic mass is 9.96. The maximum Gasteiger partial charge on any atom is 0.147 e. The fraction of sp³-hybridized carbons (Fsp3) is 0.385. The van der Waals surface area contributed by atoms with Crippen molar-refractivity contribution in [2.24, 2.45) is 0 Å². The van der Waals surface area contributed by atoms with E-state index in [0.717, 1.165) is 37.7 Å². The molecule has 0 saturated carbocycles. The van der Waals surface area contributed by atoms with Crippen molar-refractivity contribution in [2.45, 2.75) is 18.8 Å². The summed E-state index contributed by atoms with van der Waals surface area (Å²) in [7, 11) is 0. The van der Waals surface area contributed by atoms with E-state index >= 15 is 0 Å². The minimum Gasteiger partial charge on any atom is -0.356 e. The molecule has 0 bridgehead atoms. The summed E-state index contributed by atoms with van der Waals surface area (Å²) in [5.74, 6) is -0.431. The summed E-state index contributed by atoms with van der Waals surface area (Å²) in [6, 6.07) is 4.08. The number of hydrogen-bond acceptors (Lipinski definition) is 1. The average molecular weight is 236 g/mol. The van der Waals surface area contributed by atoms with Crippen molar-refractivity contribution in [3.8, 4) is 0 Å². The number of fused-ring (bicyclic) bond motifs is 1. The number of aromatic amines is 1. The molecule has 1 saturated heterocycles. The molecule has 0 spiro atoms. The van der Waals surface area contributed by atoms with Gasteiger partial charge in [-0.3, -0.25) is 0 Å². The molecule has 1 fully saturated rings. The monoisotopic (exact) mass is 236 g/mol. The van der Waals surface area contributed by atoms with Crippen LogP contribution in [0.1, 0.15) is 24.5 Å². The second kappa shape index (κ2) is 4.11. The van der Waals surface area contributed by atoms with E-state index in [2.05, 4.69) is 10.3 Å². The normalized spacial score (nSPS) is 20.9. The average Bonchev–Trinajstić information content (AvgIpc) is 2.81. The van der Waals surface area contributed by atoms with Gasteiger partial charge in [-0.15, -0.1) is 0 Å². The van der Waals surface area contributed by atoms with Gasteiger partial charge < -0.3 is 10.3 Å². The molecule has 1 aromatic heterocycles. The second-order valence-electron chi connectivity index (χ2n) is 4.59. The molecule has 3 rings (SSSR count). The topological polar surface area (TPSA) is 27.8 Å². The zero-order chi connectivity index (χ0) is 11.8. The maximum absolute atomic E-state index is 13.5. The SMILES string of the molecule is Fc1ccc(F)c2[nH]c(C3CCCNC3)cc12. The smallest absolute Gasteiger partial charge is 0.147 e. The van der Waals surface area contributed by atoms with Crippen LogP contribution in [0.4, 0.5) is 8.78 Å². The van der Waals surface area contributed by atoms with Gasteiger partial charge in [-0.1, -0.05) is 0 Å². The molecule has 1 aliphatic rings. The third-order valence-electron chi connectivity index (χ3n) is 3.45. The van der Waals surface area contributed by atoms with Crippen LogP contribution in [-0.2, 0) is 0 Å². The molecule has 1 aliphatic heterocycles. The summed E-state index contributed by atoms with van der Waals surface area (Å²) in [4.78, 5) is 3.02. The Balaban J connectivity index is 2.06. The molecule has 1 aromatic carbocycles. The predicted octanol–water partition coefficient (Wildman–Crippen LogP) is 2.91. The first-order valence-electron chi connectivity index (χ1n) is 5.93. The number of rotatable bonds is 1. The Morgan fingerprint density at radius 1 is 1.18 bits per heavy atom. The van der Waals surface area contributed by atoms with Crippen molar-refractivity contribution in [3.63, 3.8) is 0 Å². The van der Waals surface area contributed by atoms with Crippen molar-refractivity contribution in [2.75, 3.05) is 13.1 Å². The van der Waals surface area contributed by atoms with Crippen LogP contribution in [0.2, 0.25) is 0 Å². The molecular weight excluding hydrogens is 222 g/mol. The summed E-state index contributed by atoms with van der Waals surface area (Å²) in [6.07, 6.45) is 2.16. The van der Waals surface area contributed by atoms with Crippen molar-refractivity contribution in [3.05, 3.63) is 35.5 Å². The van der Waals surface area contributed by atoms with Gasteiger partial charge in [0.05, 0.1) is 5.52 Å². The van der Waals surface area contributed by atoms with E-state index in [0.29, 0.717) is 11.3 Å². The lowest BCUT2D eigenvalue weighted by Crippen LogP contribution is -2.28. The first kappa shape index (κ1) is 10.7. The van der Waals surface area contributed by atoms with Crippen LogP contribution in [-0.4, -0.2) is 18.1 Å². The Morgan fingerprint density at radius 3 is 2.71 bits per heavy atom. The molecule has 90 valence electrons. The molecular formula is C13H14F2N2. The van der Waals surface area contributed by atoms with E-state index in [4.69, 9.17) is 0 Å². The highest BCUT2D eigenvalue weighted by Crippen LogP contribution is 2.28. The number of hydrogen-bond donors (Lipinski definition) is 2. The van der Waals surface area contributed by atoms with Gasteiger partial charge in [-0.05, 0) is 37.6 Å². The standard InChI is InChI=1S/C13H14F2N2/c14-10-3-4-11(15)13-9(10)6-12(17-13)8-2-1-5-16-7-8/h3-4,6,8,16-17H,1-2,5,7H2. The molecule has 1 unspecified atom stereocenters. The molecule has 0 aliphatic carbocycles. The Kier molecular flexibility index (Phi) is 2.59. The second-order valence-corrected chi connectivity index (χ2v) is 4.59. The number of nitrogens with one attached hydrogen (secondary N) is 2. The quantitative estimate of drug-likeness (QED) is 0.782. The Bertz CT molecular complexity index is 503. The van der Waals surface area contributed by atoms with E-state index < -0.39 is 5.82 Å². The highest BCUT2D eigenvalue weighted by atomic mass is 19.1. The highest BCUT2D eigenvalue weighted by Gasteiger charge is 2.19. The van der Waals surface area contributed by atoms with E-state index in [1.165, 1.54) is 6.07 Å². The van der Waals surface area contributed by atoms with Crippen LogP contribution in [0.25, 0.3) is 10.9 Å². The maximum atomic E-state index is 13.5. The summed E-state index contributed by atoms with van der Waals surface area (Å²) in [5, 5.41) is 3.65. The molecule has 2 nitrogen and oxygen atoms in total. The lowest BCUT2D eigenvalue weighted by Gasteiger charge is -2.21. The zero-order valence-electron chi connectivity index (χ0n) is 9.39. The Morgan fingerprint density at radius 2 is 2.00 bits per heavy atom. The van der Waals surface area contributed by atoms with Crippen LogP contribution < -0.4 is 5.32 Å². The number of H-pyrrole nitrogens is 1. The van der Waals surface area contributed by atoms with E-state index in [-0.39, 0.29) is 11.3 Å². The molecule has 4 heteroatoms. The van der Waals surface area contributed by atoms with E-state index in [9.17, 15) is 8.78 Å². The predicted molar refractivity (Wildman–Crippen MR) is 63.1 cm³/mol. The largest absolute Gasteiger partial charge is 0.356 e. The van der Waals surface area contributed by atoms with Crippen molar-refractivity contribution < 1.29 is 8.78 Å². The van der Waals surface area contributed by atoms with Gasteiger partial charge in [0.25, 0.3) is 0 Å². The molecule has 2 aromatic rings. The number of halogens is 2. The molecule has 17 heavy (non-hydrogen) atoms. The van der Waals surface area contributed by atoms with Crippen molar-refractivity contribution in [1.82, 2.24) is 10.3 Å². The zero-order valence-corrected chi connectivity index (χ0v) is 9.39. The van der Waals surface area contributed by atoms with E-state index in [1.807, 2.05) is 0 Å². The van der Waals surface area contributed by atoms with Gasteiger partial charge in [-0.2, -0.15) is 0 Å². The molecule has 0 radical (unpaired) electrons.